The Morgan fingerprint density at radius 3 is 2.51 bits per heavy atom. The molecule has 3 aliphatic rings. The smallest absolute Gasteiger partial charge is 0.235 e. The van der Waals surface area contributed by atoms with Gasteiger partial charge in [-0.15, -0.1) is 0 Å². The first-order valence-corrected chi connectivity index (χ1v) is 11.3. The molecule has 1 amide bonds. The molecule has 1 aromatic rings. The summed E-state index contributed by atoms with van der Waals surface area (Å²) < 4.78 is 5.79. The number of carbonyl (C=O) groups excluding carboxylic acids is 5. The van der Waals surface area contributed by atoms with E-state index in [1.54, 1.807) is 6.07 Å². The number of nitrogens with zero attached hydrogens (tertiary/aromatic N) is 1. The van der Waals surface area contributed by atoms with Gasteiger partial charge in [0.1, 0.15) is 5.75 Å². The second kappa shape index (κ2) is 8.90. The molecular weight excluding hydrogens is 460 g/mol. The molecule has 35 heavy (non-hydrogen) atoms. The number of rotatable bonds is 6. The fraction of sp³-hybridized carbons (Fsp3) is 0.542. The SMILES string of the molecule is CN(C)CCOC[C@H]1c2cccc(O)c2C(=O)C2C(=O)[C@]3(O)C(=O)C(C(N)=O)C(=O)C[C@@H]3[C@@H](O)[C@@H]21. The maximum atomic E-state index is 13.6. The molecule has 0 bridgehead atoms. The van der Waals surface area contributed by atoms with E-state index in [0.717, 1.165) is 0 Å². The standard InChI is InChI=1S/C24H28N2O9/c1-26(2)6-7-35-9-11-10-4-3-5-13(27)15(10)20(30)18-16(11)19(29)12-8-14(28)17(23(25)33)21(31)24(12,34)22(18)32/h3-5,11-12,16-19,27,29,34H,6-9H2,1-2H3,(H2,25,33)/t11-,12+,16+,17?,18?,19+,24+/m0/s1. The normalized spacial score (nSPS) is 34.4. The van der Waals surface area contributed by atoms with Gasteiger partial charge in [-0.1, -0.05) is 12.1 Å². The number of aliphatic hydroxyl groups excluding tert-OH is 1. The fourth-order valence-electron chi connectivity index (χ4n) is 5.79. The Morgan fingerprint density at radius 1 is 1.20 bits per heavy atom. The Labute approximate surface area is 200 Å². The number of hydrogen-bond donors (Lipinski definition) is 4. The molecule has 2 saturated carbocycles. The molecule has 11 nitrogen and oxygen atoms in total. The summed E-state index contributed by atoms with van der Waals surface area (Å²) in [5.41, 5.74) is 2.45. The minimum absolute atomic E-state index is 0.0277. The lowest BCUT2D eigenvalue weighted by molar-refractivity contribution is -0.190. The summed E-state index contributed by atoms with van der Waals surface area (Å²) in [6.45, 7) is 0.853. The Morgan fingerprint density at radius 2 is 1.89 bits per heavy atom. The molecule has 0 aromatic heterocycles. The van der Waals surface area contributed by atoms with Crippen molar-refractivity contribution in [2.75, 3.05) is 33.9 Å². The first kappa shape index (κ1) is 25.1. The monoisotopic (exact) mass is 488 g/mol. The Bertz CT molecular complexity index is 1120. The van der Waals surface area contributed by atoms with E-state index in [1.807, 2.05) is 19.0 Å². The van der Waals surface area contributed by atoms with Crippen LogP contribution in [-0.2, 0) is 23.9 Å². The first-order chi connectivity index (χ1) is 16.4. The van der Waals surface area contributed by atoms with E-state index in [0.29, 0.717) is 18.7 Å². The predicted octanol–water partition coefficient (Wildman–Crippen LogP) is -1.58. The van der Waals surface area contributed by atoms with Gasteiger partial charge in [0.25, 0.3) is 0 Å². The summed E-state index contributed by atoms with van der Waals surface area (Å²) in [5, 5.41) is 33.1. The molecule has 2 fully saturated rings. The molecule has 0 heterocycles. The first-order valence-electron chi connectivity index (χ1n) is 11.3. The largest absolute Gasteiger partial charge is 0.507 e. The Kier molecular flexibility index (Phi) is 6.39. The number of phenolic OH excluding ortho intramolecular Hbond substituents is 1. The molecule has 0 spiro atoms. The number of hydrogen-bond acceptors (Lipinski definition) is 10. The predicted molar refractivity (Wildman–Crippen MR) is 118 cm³/mol. The number of benzene rings is 1. The highest BCUT2D eigenvalue weighted by Gasteiger charge is 2.70. The van der Waals surface area contributed by atoms with Gasteiger partial charge in [0.2, 0.25) is 5.91 Å². The van der Waals surface area contributed by atoms with Crippen molar-refractivity contribution < 1.29 is 44.0 Å². The van der Waals surface area contributed by atoms with Crippen molar-refractivity contribution in [1.82, 2.24) is 4.90 Å². The van der Waals surface area contributed by atoms with Crippen LogP contribution in [0.4, 0.5) is 0 Å². The number of aromatic hydroxyl groups is 1. The molecule has 7 atom stereocenters. The molecule has 0 aliphatic heterocycles. The van der Waals surface area contributed by atoms with Crippen LogP contribution in [0.15, 0.2) is 18.2 Å². The molecular formula is C24H28N2O9. The van der Waals surface area contributed by atoms with E-state index in [1.165, 1.54) is 12.1 Å². The van der Waals surface area contributed by atoms with Gasteiger partial charge in [-0.3, -0.25) is 24.0 Å². The van der Waals surface area contributed by atoms with Gasteiger partial charge in [0.05, 0.1) is 30.8 Å². The van der Waals surface area contributed by atoms with E-state index in [9.17, 15) is 39.3 Å². The Balaban J connectivity index is 1.81. The molecule has 4 rings (SSSR count). The van der Waals surface area contributed by atoms with Crippen LogP contribution >= 0.6 is 0 Å². The number of Topliss-reactive ketones (excluding diaryl/α,β-unsaturated/α-hetero) is 4. The van der Waals surface area contributed by atoms with Crippen molar-refractivity contribution in [2.45, 2.75) is 24.0 Å². The van der Waals surface area contributed by atoms with Gasteiger partial charge in [-0.2, -0.15) is 0 Å². The van der Waals surface area contributed by atoms with Crippen molar-refractivity contribution >= 4 is 29.0 Å². The summed E-state index contributed by atoms with van der Waals surface area (Å²) in [5.74, 6) is -13.3. The van der Waals surface area contributed by atoms with E-state index in [-0.39, 0.29) is 17.9 Å². The van der Waals surface area contributed by atoms with Crippen LogP contribution in [0.2, 0.25) is 0 Å². The molecule has 3 aliphatic carbocycles. The van der Waals surface area contributed by atoms with Gasteiger partial charge < -0.3 is 30.7 Å². The van der Waals surface area contributed by atoms with Crippen molar-refractivity contribution in [3.05, 3.63) is 29.3 Å². The highest BCUT2D eigenvalue weighted by Crippen LogP contribution is 2.53. The summed E-state index contributed by atoms with van der Waals surface area (Å²) in [4.78, 5) is 66.4. The minimum Gasteiger partial charge on any atom is -0.507 e. The van der Waals surface area contributed by atoms with E-state index >= 15 is 0 Å². The maximum absolute atomic E-state index is 13.6. The molecule has 1 aromatic carbocycles. The molecule has 2 unspecified atom stereocenters. The highest BCUT2D eigenvalue weighted by molar-refractivity contribution is 6.31. The van der Waals surface area contributed by atoms with Gasteiger partial charge in [0.15, 0.2) is 34.7 Å². The average Bonchev–Trinajstić information content (AvgIpc) is 2.77. The second-order valence-corrected chi connectivity index (χ2v) is 9.74. The van der Waals surface area contributed by atoms with Gasteiger partial charge in [0, 0.05) is 30.7 Å². The van der Waals surface area contributed by atoms with Crippen LogP contribution in [0.5, 0.6) is 5.75 Å². The van der Waals surface area contributed by atoms with Crippen molar-refractivity contribution in [1.29, 1.82) is 0 Å². The lowest BCUT2D eigenvalue weighted by Gasteiger charge is -2.53. The van der Waals surface area contributed by atoms with Gasteiger partial charge in [-0.25, -0.2) is 0 Å². The fourth-order valence-corrected chi connectivity index (χ4v) is 5.79. The highest BCUT2D eigenvalue weighted by atomic mass is 16.5. The van der Waals surface area contributed by atoms with Crippen LogP contribution < -0.4 is 5.73 Å². The number of nitrogens with two attached hydrogens (primary N) is 1. The number of amides is 1. The number of primary amides is 1. The molecule has 188 valence electrons. The van der Waals surface area contributed by atoms with Crippen LogP contribution in [0.3, 0.4) is 0 Å². The topological polar surface area (TPSA) is 185 Å². The zero-order valence-electron chi connectivity index (χ0n) is 19.3. The summed E-state index contributed by atoms with van der Waals surface area (Å²) in [7, 11) is 3.71. The van der Waals surface area contributed by atoms with Gasteiger partial charge in [-0.05, 0) is 25.7 Å². The van der Waals surface area contributed by atoms with Crippen molar-refractivity contribution in [2.24, 2.45) is 29.4 Å². The number of likely N-dealkylation sites (N-methyl/N-ethyl adjacent to an activating group) is 1. The lowest BCUT2D eigenvalue weighted by atomic mass is 9.50. The van der Waals surface area contributed by atoms with Crippen LogP contribution in [0.25, 0.3) is 0 Å². The number of ether oxygens (including phenoxy) is 1. The van der Waals surface area contributed by atoms with Crippen molar-refractivity contribution in [3.63, 3.8) is 0 Å². The lowest BCUT2D eigenvalue weighted by Crippen LogP contribution is -2.72. The van der Waals surface area contributed by atoms with Crippen LogP contribution in [0.1, 0.15) is 28.3 Å². The number of carbonyl (C=O) groups is 5. The maximum Gasteiger partial charge on any atom is 0.235 e. The average molecular weight is 488 g/mol. The van der Waals surface area contributed by atoms with Gasteiger partial charge >= 0.3 is 0 Å². The third-order valence-electron chi connectivity index (χ3n) is 7.50. The minimum atomic E-state index is -2.94. The van der Waals surface area contributed by atoms with E-state index < -0.39 is 76.8 Å². The number of aliphatic hydroxyl groups is 2. The number of fused-ring (bicyclic) bond motifs is 3. The molecule has 11 heteroatoms. The quantitative estimate of drug-likeness (QED) is 0.269. The zero-order valence-corrected chi connectivity index (χ0v) is 19.3. The summed E-state index contributed by atoms with van der Waals surface area (Å²) in [6, 6.07) is 4.38. The number of ketones is 4. The van der Waals surface area contributed by atoms with Crippen LogP contribution in [-0.4, -0.2) is 94.8 Å². The third kappa shape index (κ3) is 3.70. The summed E-state index contributed by atoms with van der Waals surface area (Å²) >= 11 is 0. The molecule has 0 saturated heterocycles. The third-order valence-corrected chi connectivity index (χ3v) is 7.50. The van der Waals surface area contributed by atoms with Crippen LogP contribution in [0, 0.1) is 23.7 Å². The number of phenols is 1. The molecule has 0 radical (unpaired) electrons. The second-order valence-electron chi connectivity index (χ2n) is 9.74. The Hall–Kier alpha value is -2.99. The molecule has 5 N–H and O–H groups in total. The summed E-state index contributed by atoms with van der Waals surface area (Å²) in [6.07, 6.45) is -2.27. The van der Waals surface area contributed by atoms with E-state index in [4.69, 9.17) is 10.5 Å². The van der Waals surface area contributed by atoms with Crippen molar-refractivity contribution in [3.8, 4) is 5.75 Å². The zero-order chi connectivity index (χ0) is 25.8. The van der Waals surface area contributed by atoms with E-state index in [2.05, 4.69) is 0 Å².